The van der Waals surface area contributed by atoms with Gasteiger partial charge in [-0.3, -0.25) is 4.79 Å². The van der Waals surface area contributed by atoms with Gasteiger partial charge in [-0.15, -0.1) is 5.10 Å². The molecule has 1 amide bonds. The minimum atomic E-state index is -0.371. The van der Waals surface area contributed by atoms with Crippen LogP contribution in [-0.2, 0) is 11.3 Å². The van der Waals surface area contributed by atoms with E-state index < -0.39 is 0 Å². The number of aryl methyl sites for hydroxylation is 2. The number of carbonyl (C=O) groups is 1. The van der Waals surface area contributed by atoms with Crippen molar-refractivity contribution < 1.29 is 14.3 Å². The number of ether oxygens (including phenoxy) is 2. The van der Waals surface area contributed by atoms with Gasteiger partial charge in [0.05, 0.1) is 19.7 Å². The number of hydrogen-bond acceptors (Lipinski definition) is 6. The maximum Gasteiger partial charge on any atom is 0.222 e. The van der Waals surface area contributed by atoms with Crippen molar-refractivity contribution >= 4 is 5.91 Å². The van der Waals surface area contributed by atoms with Crippen LogP contribution in [0.25, 0.3) is 0 Å². The third-order valence-corrected chi connectivity index (χ3v) is 4.27. The molecule has 8 heteroatoms. The third-order valence-electron chi connectivity index (χ3n) is 4.27. The van der Waals surface area contributed by atoms with Gasteiger partial charge in [-0.25, -0.2) is 4.68 Å². The summed E-state index contributed by atoms with van der Waals surface area (Å²) in [5.74, 6) is 2.13. The summed E-state index contributed by atoms with van der Waals surface area (Å²) in [4.78, 5) is 12.4. The van der Waals surface area contributed by atoms with Gasteiger partial charge in [-0.05, 0) is 43.3 Å². The molecule has 2 heterocycles. The highest BCUT2D eigenvalue weighted by Crippen LogP contribution is 2.41. The van der Waals surface area contributed by atoms with E-state index in [9.17, 15) is 4.79 Å². The van der Waals surface area contributed by atoms with Crippen molar-refractivity contribution in [3.05, 3.63) is 29.6 Å². The normalized spacial score (nSPS) is 18.2. The average molecular weight is 345 g/mol. The Morgan fingerprint density at radius 2 is 2.28 bits per heavy atom. The maximum atomic E-state index is 12.4. The highest BCUT2D eigenvalue weighted by atomic mass is 16.5. The number of carbonyl (C=O) groups excluding carboxylic acids is 1. The monoisotopic (exact) mass is 345 g/mol. The van der Waals surface area contributed by atoms with Crippen LogP contribution in [0.3, 0.4) is 0 Å². The molecule has 0 spiro atoms. The average Bonchev–Trinajstić information content (AvgIpc) is 2.96. The molecule has 1 N–H and O–H groups in total. The van der Waals surface area contributed by atoms with E-state index in [2.05, 4.69) is 20.8 Å². The second-order valence-corrected chi connectivity index (χ2v) is 6.79. The molecule has 2 aromatic rings. The predicted octanol–water partition coefficient (Wildman–Crippen LogP) is 1.80. The first kappa shape index (κ1) is 17.2. The molecule has 1 atom stereocenters. The fourth-order valence-corrected chi connectivity index (χ4v) is 3.02. The van der Waals surface area contributed by atoms with E-state index in [0.29, 0.717) is 25.2 Å². The summed E-state index contributed by atoms with van der Waals surface area (Å²) < 4.78 is 12.9. The van der Waals surface area contributed by atoms with Crippen LogP contribution in [0.5, 0.6) is 11.5 Å². The molecule has 8 nitrogen and oxygen atoms in total. The van der Waals surface area contributed by atoms with E-state index in [1.165, 1.54) is 0 Å². The molecule has 25 heavy (non-hydrogen) atoms. The van der Waals surface area contributed by atoms with Crippen LogP contribution in [0, 0.1) is 6.92 Å². The van der Waals surface area contributed by atoms with Gasteiger partial charge in [0.2, 0.25) is 5.91 Å². The maximum absolute atomic E-state index is 12.4. The number of aromatic nitrogens is 4. The zero-order valence-electron chi connectivity index (χ0n) is 14.9. The number of tetrazole rings is 1. The van der Waals surface area contributed by atoms with E-state index in [0.717, 1.165) is 17.1 Å². The Bertz CT molecular complexity index is 771. The zero-order valence-corrected chi connectivity index (χ0v) is 14.9. The number of fused-ring (bicyclic) bond motifs is 1. The molecule has 1 aliphatic rings. The Kier molecular flexibility index (Phi) is 4.61. The zero-order chi connectivity index (χ0) is 18.0. The Morgan fingerprint density at radius 1 is 1.48 bits per heavy atom. The molecule has 0 saturated carbocycles. The largest absolute Gasteiger partial charge is 0.497 e. The van der Waals surface area contributed by atoms with Gasteiger partial charge in [0.1, 0.15) is 22.9 Å². The number of hydrogen-bond donors (Lipinski definition) is 1. The van der Waals surface area contributed by atoms with Crippen molar-refractivity contribution in [1.29, 1.82) is 0 Å². The van der Waals surface area contributed by atoms with Crippen LogP contribution in [0.15, 0.2) is 18.2 Å². The standard InChI is InChI=1S/C17H23N5O3/c1-11-19-20-21-22(11)8-7-16(23)18-14-10-17(2,3)25-15-9-12(24-4)5-6-13(14)15/h5-6,9,14H,7-8,10H2,1-4H3,(H,18,23). The van der Waals surface area contributed by atoms with Crippen LogP contribution in [0.2, 0.25) is 0 Å². The SMILES string of the molecule is COc1ccc2c(c1)OC(C)(C)CC2NC(=O)CCn1nnnc1C. The van der Waals surface area contributed by atoms with Crippen molar-refractivity contribution in [2.24, 2.45) is 0 Å². The Balaban J connectivity index is 1.71. The first-order valence-electron chi connectivity index (χ1n) is 8.27. The summed E-state index contributed by atoms with van der Waals surface area (Å²) in [6.07, 6.45) is 1.01. The van der Waals surface area contributed by atoms with Crippen LogP contribution >= 0.6 is 0 Å². The summed E-state index contributed by atoms with van der Waals surface area (Å²) in [6.45, 7) is 6.29. The molecule has 0 bridgehead atoms. The van der Waals surface area contributed by atoms with E-state index in [-0.39, 0.29) is 17.6 Å². The van der Waals surface area contributed by atoms with Gasteiger partial charge < -0.3 is 14.8 Å². The first-order chi connectivity index (χ1) is 11.9. The summed E-state index contributed by atoms with van der Waals surface area (Å²) in [7, 11) is 1.62. The van der Waals surface area contributed by atoms with E-state index in [4.69, 9.17) is 9.47 Å². The number of nitrogens with zero attached hydrogens (tertiary/aromatic N) is 4. The molecule has 0 aliphatic carbocycles. The summed E-state index contributed by atoms with van der Waals surface area (Å²) in [6, 6.07) is 5.58. The number of rotatable bonds is 5. The van der Waals surface area contributed by atoms with Gasteiger partial charge in [0, 0.05) is 24.5 Å². The lowest BCUT2D eigenvalue weighted by Crippen LogP contribution is -2.41. The van der Waals surface area contributed by atoms with Crippen LogP contribution < -0.4 is 14.8 Å². The van der Waals surface area contributed by atoms with Crippen LogP contribution in [-0.4, -0.2) is 38.8 Å². The summed E-state index contributed by atoms with van der Waals surface area (Å²) >= 11 is 0. The van der Waals surface area contributed by atoms with Crippen molar-refractivity contribution in [2.45, 2.75) is 51.8 Å². The lowest BCUT2D eigenvalue weighted by molar-refractivity contribution is -0.122. The summed E-state index contributed by atoms with van der Waals surface area (Å²) in [5, 5.41) is 14.4. The Labute approximate surface area is 146 Å². The molecule has 1 unspecified atom stereocenters. The van der Waals surface area contributed by atoms with E-state index in [1.54, 1.807) is 11.8 Å². The van der Waals surface area contributed by atoms with Gasteiger partial charge in [-0.2, -0.15) is 0 Å². The lowest BCUT2D eigenvalue weighted by Gasteiger charge is -2.38. The van der Waals surface area contributed by atoms with Gasteiger partial charge in [-0.1, -0.05) is 0 Å². The Hall–Kier alpha value is -2.64. The predicted molar refractivity (Wildman–Crippen MR) is 90.4 cm³/mol. The number of nitrogens with one attached hydrogen (secondary N) is 1. The molecule has 134 valence electrons. The molecule has 0 fully saturated rings. The molecule has 1 aliphatic heterocycles. The first-order valence-corrected chi connectivity index (χ1v) is 8.27. The topological polar surface area (TPSA) is 91.2 Å². The molecular formula is C17H23N5O3. The van der Waals surface area contributed by atoms with Gasteiger partial charge >= 0.3 is 0 Å². The van der Waals surface area contributed by atoms with E-state index in [1.807, 2.05) is 39.0 Å². The minimum Gasteiger partial charge on any atom is -0.497 e. The van der Waals surface area contributed by atoms with Crippen LogP contribution in [0.1, 0.15) is 44.1 Å². The van der Waals surface area contributed by atoms with Crippen molar-refractivity contribution in [3.63, 3.8) is 0 Å². The molecule has 1 aromatic heterocycles. The molecule has 0 saturated heterocycles. The Morgan fingerprint density at radius 3 is 2.96 bits per heavy atom. The van der Waals surface area contributed by atoms with Crippen molar-refractivity contribution in [2.75, 3.05) is 7.11 Å². The van der Waals surface area contributed by atoms with Crippen molar-refractivity contribution in [1.82, 2.24) is 25.5 Å². The highest BCUT2D eigenvalue weighted by Gasteiger charge is 2.34. The number of amides is 1. The van der Waals surface area contributed by atoms with E-state index >= 15 is 0 Å². The molecular weight excluding hydrogens is 322 g/mol. The van der Waals surface area contributed by atoms with Crippen molar-refractivity contribution in [3.8, 4) is 11.5 Å². The second kappa shape index (κ2) is 6.70. The van der Waals surface area contributed by atoms with Crippen LogP contribution in [0.4, 0.5) is 0 Å². The van der Waals surface area contributed by atoms with Gasteiger partial charge in [0.15, 0.2) is 0 Å². The second-order valence-electron chi connectivity index (χ2n) is 6.79. The van der Waals surface area contributed by atoms with Gasteiger partial charge in [0.25, 0.3) is 0 Å². The fourth-order valence-electron chi connectivity index (χ4n) is 3.02. The summed E-state index contributed by atoms with van der Waals surface area (Å²) in [5.41, 5.74) is 0.594. The molecule has 3 rings (SSSR count). The lowest BCUT2D eigenvalue weighted by atomic mass is 9.89. The third kappa shape index (κ3) is 3.89. The number of benzene rings is 1. The smallest absolute Gasteiger partial charge is 0.222 e. The number of methoxy groups -OCH3 is 1. The highest BCUT2D eigenvalue weighted by molar-refractivity contribution is 5.76. The fraction of sp³-hybridized carbons (Fsp3) is 0.529. The quantitative estimate of drug-likeness (QED) is 0.888. The molecule has 0 radical (unpaired) electrons. The molecule has 1 aromatic carbocycles. The minimum absolute atomic E-state index is 0.0423.